The number of carbonyl (C=O) groups excluding carboxylic acids is 1. The van der Waals surface area contributed by atoms with E-state index in [1.54, 1.807) is 44.6 Å². The number of aryl methyl sites for hydroxylation is 1. The molecule has 0 saturated carbocycles. The van der Waals surface area contributed by atoms with Gasteiger partial charge in [-0.3, -0.25) is 9.36 Å². The van der Waals surface area contributed by atoms with E-state index < -0.39 is 0 Å². The summed E-state index contributed by atoms with van der Waals surface area (Å²) < 4.78 is 18.3. The van der Waals surface area contributed by atoms with Crippen LogP contribution in [0.15, 0.2) is 54.2 Å². The van der Waals surface area contributed by atoms with Crippen LogP contribution in [-0.4, -0.2) is 40.6 Å². The minimum Gasteiger partial charge on any atom is -0.497 e. The number of allylic oxidation sites excluding steroid dienone is 1. The van der Waals surface area contributed by atoms with Crippen molar-refractivity contribution < 1.29 is 19.0 Å². The van der Waals surface area contributed by atoms with Crippen LogP contribution in [0.2, 0.25) is 5.02 Å². The van der Waals surface area contributed by atoms with Gasteiger partial charge in [-0.15, -0.1) is 16.8 Å². The van der Waals surface area contributed by atoms with Gasteiger partial charge in [-0.05, 0) is 42.8 Å². The Bertz CT molecular complexity index is 1140. The molecule has 8 nitrogen and oxygen atoms in total. The van der Waals surface area contributed by atoms with Crippen molar-refractivity contribution >= 4 is 35.0 Å². The van der Waals surface area contributed by atoms with E-state index >= 15 is 0 Å². The first-order valence-electron chi connectivity index (χ1n) is 10.0. The highest BCUT2D eigenvalue weighted by atomic mass is 35.5. The van der Waals surface area contributed by atoms with Crippen LogP contribution in [0.1, 0.15) is 11.4 Å². The summed E-state index contributed by atoms with van der Waals surface area (Å²) in [6.07, 6.45) is 1.74. The summed E-state index contributed by atoms with van der Waals surface area (Å²) in [6, 6.07) is 10.6. The number of hydrogen-bond acceptors (Lipinski definition) is 7. The van der Waals surface area contributed by atoms with Gasteiger partial charge in [-0.25, -0.2) is 0 Å². The molecule has 0 fully saturated rings. The van der Waals surface area contributed by atoms with Gasteiger partial charge in [-0.1, -0.05) is 29.4 Å². The minimum atomic E-state index is -0.214. The summed E-state index contributed by atoms with van der Waals surface area (Å²) in [6.45, 7) is 6.43. The normalized spacial score (nSPS) is 10.5. The maximum atomic E-state index is 12.6. The van der Waals surface area contributed by atoms with Crippen LogP contribution in [0.4, 0.5) is 5.69 Å². The number of hydrogen-bond donors (Lipinski definition) is 1. The Morgan fingerprint density at radius 2 is 1.97 bits per heavy atom. The summed E-state index contributed by atoms with van der Waals surface area (Å²) in [5, 5.41) is 12.5. The lowest BCUT2D eigenvalue weighted by molar-refractivity contribution is -0.113. The lowest BCUT2D eigenvalue weighted by atomic mass is 10.2. The molecule has 3 aromatic rings. The van der Waals surface area contributed by atoms with Crippen LogP contribution in [0, 0.1) is 6.92 Å². The zero-order valence-corrected chi connectivity index (χ0v) is 20.2. The van der Waals surface area contributed by atoms with Crippen molar-refractivity contribution in [1.29, 1.82) is 0 Å². The molecule has 1 aromatic heterocycles. The molecule has 10 heteroatoms. The van der Waals surface area contributed by atoms with Crippen molar-refractivity contribution in [2.75, 3.05) is 25.3 Å². The van der Waals surface area contributed by atoms with Gasteiger partial charge >= 0.3 is 0 Å². The second kappa shape index (κ2) is 11.6. The topological polar surface area (TPSA) is 87.5 Å². The van der Waals surface area contributed by atoms with Crippen molar-refractivity contribution in [1.82, 2.24) is 14.8 Å². The van der Waals surface area contributed by atoms with Crippen molar-refractivity contribution in [2.45, 2.75) is 25.2 Å². The number of amides is 1. The molecule has 0 aliphatic heterocycles. The van der Waals surface area contributed by atoms with E-state index in [2.05, 4.69) is 22.1 Å². The number of halogens is 1. The number of benzene rings is 2. The molecule has 0 saturated heterocycles. The predicted octanol–water partition coefficient (Wildman–Crippen LogP) is 4.75. The molecule has 0 bridgehead atoms. The molecule has 174 valence electrons. The molecular weight excluding hydrogens is 464 g/mol. The summed E-state index contributed by atoms with van der Waals surface area (Å²) in [4.78, 5) is 12.6. The highest BCUT2D eigenvalue weighted by molar-refractivity contribution is 7.99. The third kappa shape index (κ3) is 6.43. The van der Waals surface area contributed by atoms with Crippen LogP contribution in [0.5, 0.6) is 17.2 Å². The van der Waals surface area contributed by atoms with E-state index in [9.17, 15) is 4.79 Å². The number of anilines is 1. The number of thioether (sulfide) groups is 1. The fourth-order valence-electron chi connectivity index (χ4n) is 2.99. The van der Waals surface area contributed by atoms with Gasteiger partial charge in [0.25, 0.3) is 0 Å². The van der Waals surface area contributed by atoms with Crippen LogP contribution >= 0.6 is 23.4 Å². The average Bonchev–Trinajstić information content (AvgIpc) is 3.18. The maximum absolute atomic E-state index is 12.6. The number of ether oxygens (including phenoxy) is 3. The van der Waals surface area contributed by atoms with Gasteiger partial charge in [-0.2, -0.15) is 0 Å². The average molecular weight is 489 g/mol. The Morgan fingerprint density at radius 3 is 2.67 bits per heavy atom. The van der Waals surface area contributed by atoms with Gasteiger partial charge in [0, 0.05) is 17.6 Å². The Kier molecular flexibility index (Phi) is 8.62. The summed E-state index contributed by atoms with van der Waals surface area (Å²) >= 11 is 7.28. The van der Waals surface area contributed by atoms with Gasteiger partial charge in [0.15, 0.2) is 11.0 Å². The monoisotopic (exact) mass is 488 g/mol. The molecule has 0 atom stereocenters. The van der Waals surface area contributed by atoms with E-state index in [0.29, 0.717) is 45.5 Å². The van der Waals surface area contributed by atoms with Gasteiger partial charge in [0.05, 0.1) is 25.7 Å². The van der Waals surface area contributed by atoms with E-state index in [1.807, 2.05) is 23.6 Å². The van der Waals surface area contributed by atoms with E-state index in [4.69, 9.17) is 25.8 Å². The predicted molar refractivity (Wildman–Crippen MR) is 130 cm³/mol. The first-order valence-corrected chi connectivity index (χ1v) is 11.4. The first-order chi connectivity index (χ1) is 15.9. The molecule has 0 unspecified atom stereocenters. The Morgan fingerprint density at radius 1 is 1.18 bits per heavy atom. The maximum Gasteiger partial charge on any atom is 0.234 e. The van der Waals surface area contributed by atoms with Crippen LogP contribution < -0.4 is 19.5 Å². The number of aromatic nitrogens is 3. The van der Waals surface area contributed by atoms with Crippen molar-refractivity contribution in [2.24, 2.45) is 0 Å². The minimum absolute atomic E-state index is 0.132. The van der Waals surface area contributed by atoms with Crippen LogP contribution in [-0.2, 0) is 17.9 Å². The van der Waals surface area contributed by atoms with Crippen LogP contribution in [0.3, 0.4) is 0 Å². The van der Waals surface area contributed by atoms with Crippen molar-refractivity contribution in [3.05, 3.63) is 65.5 Å². The van der Waals surface area contributed by atoms with Crippen molar-refractivity contribution in [3.63, 3.8) is 0 Å². The fourth-order valence-corrected chi connectivity index (χ4v) is 3.98. The van der Waals surface area contributed by atoms with E-state index in [-0.39, 0.29) is 18.3 Å². The summed E-state index contributed by atoms with van der Waals surface area (Å²) in [5.41, 5.74) is 1.46. The van der Waals surface area contributed by atoms with Gasteiger partial charge in [0.2, 0.25) is 5.91 Å². The van der Waals surface area contributed by atoms with E-state index in [0.717, 1.165) is 5.56 Å². The molecule has 0 aliphatic rings. The highest BCUT2D eigenvalue weighted by Gasteiger charge is 2.16. The third-order valence-electron chi connectivity index (χ3n) is 4.61. The molecule has 1 amide bonds. The molecular formula is C23H25ClN4O4S. The number of carbonyl (C=O) groups is 1. The summed E-state index contributed by atoms with van der Waals surface area (Å²) in [5.74, 6) is 2.42. The number of nitrogens with one attached hydrogen (secondary N) is 1. The van der Waals surface area contributed by atoms with Crippen molar-refractivity contribution in [3.8, 4) is 17.2 Å². The fraction of sp³-hybridized carbons (Fsp3) is 0.261. The molecule has 1 N–H and O–H groups in total. The molecule has 2 aromatic carbocycles. The number of nitrogens with zero attached hydrogens (tertiary/aromatic N) is 3. The summed E-state index contributed by atoms with van der Waals surface area (Å²) in [7, 11) is 3.10. The largest absolute Gasteiger partial charge is 0.497 e. The molecule has 0 spiro atoms. The zero-order valence-electron chi connectivity index (χ0n) is 18.6. The number of rotatable bonds is 11. The SMILES string of the molecule is C=CCn1c(COc2ccc(Cl)cc2C)nnc1SCC(=O)Nc1cc(OC)ccc1OC. The molecule has 33 heavy (non-hydrogen) atoms. The third-order valence-corrected chi connectivity index (χ3v) is 5.81. The Hall–Kier alpha value is -3.17. The second-order valence-electron chi connectivity index (χ2n) is 6.90. The quantitative estimate of drug-likeness (QED) is 0.307. The molecule has 3 rings (SSSR count). The highest BCUT2D eigenvalue weighted by Crippen LogP contribution is 2.29. The lowest BCUT2D eigenvalue weighted by Crippen LogP contribution is -2.15. The molecule has 1 heterocycles. The first kappa shape index (κ1) is 24.5. The Balaban J connectivity index is 1.65. The van der Waals surface area contributed by atoms with Crippen LogP contribution in [0.25, 0.3) is 0 Å². The zero-order chi connectivity index (χ0) is 23.8. The standard InChI is InChI=1S/C23H25ClN4O4S/c1-5-10-28-21(13-32-19-8-6-16(24)11-15(19)2)26-27-23(28)33-14-22(29)25-18-12-17(30-3)7-9-20(18)31-4/h5-9,11-12H,1,10,13-14H2,2-4H3,(H,25,29). The van der Waals surface area contributed by atoms with Gasteiger partial charge < -0.3 is 19.5 Å². The smallest absolute Gasteiger partial charge is 0.234 e. The molecule has 0 aliphatic carbocycles. The molecule has 0 radical (unpaired) electrons. The lowest BCUT2D eigenvalue weighted by Gasteiger charge is -2.12. The number of methoxy groups -OCH3 is 2. The van der Waals surface area contributed by atoms with E-state index in [1.165, 1.54) is 11.8 Å². The Labute approximate surface area is 201 Å². The second-order valence-corrected chi connectivity index (χ2v) is 8.28. The van der Waals surface area contributed by atoms with Gasteiger partial charge in [0.1, 0.15) is 23.9 Å².